The van der Waals surface area contributed by atoms with Crippen molar-refractivity contribution in [1.82, 2.24) is 0 Å². The summed E-state index contributed by atoms with van der Waals surface area (Å²) in [6, 6.07) is 1.80. The van der Waals surface area contributed by atoms with Crippen molar-refractivity contribution in [3.63, 3.8) is 0 Å². The molecule has 0 aliphatic carbocycles. The van der Waals surface area contributed by atoms with Crippen molar-refractivity contribution < 1.29 is 9.53 Å². The second-order valence-corrected chi connectivity index (χ2v) is 2.92. The van der Waals surface area contributed by atoms with Crippen LogP contribution in [0.25, 0.3) is 0 Å². The van der Waals surface area contributed by atoms with Gasteiger partial charge >= 0.3 is 5.97 Å². The highest BCUT2D eigenvalue weighted by atomic mass is 16.5. The van der Waals surface area contributed by atoms with Gasteiger partial charge in [-0.1, -0.05) is 13.3 Å². The molecule has 0 radical (unpaired) electrons. The quantitative estimate of drug-likeness (QED) is 0.396. The van der Waals surface area contributed by atoms with Gasteiger partial charge in [-0.05, 0) is 12.8 Å². The average Bonchev–Trinajstić information content (AvgIpc) is 2.16. The Morgan fingerprint density at radius 1 is 1.57 bits per heavy atom. The van der Waals surface area contributed by atoms with Crippen molar-refractivity contribution in [3.05, 3.63) is 11.8 Å². The predicted molar refractivity (Wildman–Crippen MR) is 53.0 cm³/mol. The van der Waals surface area contributed by atoms with E-state index in [1.54, 1.807) is 6.07 Å². The van der Waals surface area contributed by atoms with E-state index in [9.17, 15) is 4.79 Å². The molecule has 0 aliphatic rings. The van der Waals surface area contributed by atoms with Crippen LogP contribution in [0.4, 0.5) is 0 Å². The number of unbranched alkanes of at least 4 members (excludes halogenated alkanes) is 1. The third kappa shape index (κ3) is 7.17. The van der Waals surface area contributed by atoms with Crippen LogP contribution < -0.4 is 5.73 Å². The van der Waals surface area contributed by atoms with E-state index in [4.69, 9.17) is 15.7 Å². The van der Waals surface area contributed by atoms with Crippen LogP contribution in [0.15, 0.2) is 11.8 Å². The second kappa shape index (κ2) is 8.11. The van der Waals surface area contributed by atoms with Gasteiger partial charge in [0.05, 0.1) is 19.1 Å². The van der Waals surface area contributed by atoms with Gasteiger partial charge in [-0.25, -0.2) is 0 Å². The fourth-order valence-electron chi connectivity index (χ4n) is 0.804. The molecule has 0 aromatic rings. The van der Waals surface area contributed by atoms with Gasteiger partial charge in [-0.15, -0.1) is 0 Å². The zero-order valence-electron chi connectivity index (χ0n) is 8.45. The number of rotatable bonds is 6. The first-order chi connectivity index (χ1) is 6.70. The molecule has 0 bridgehead atoms. The molecule has 4 heteroatoms. The molecule has 14 heavy (non-hydrogen) atoms. The van der Waals surface area contributed by atoms with Gasteiger partial charge in [0.25, 0.3) is 0 Å². The highest BCUT2D eigenvalue weighted by molar-refractivity contribution is 5.69. The third-order valence-corrected chi connectivity index (χ3v) is 1.63. The van der Waals surface area contributed by atoms with Crippen LogP contribution in [0.5, 0.6) is 0 Å². The van der Waals surface area contributed by atoms with Crippen molar-refractivity contribution in [3.8, 4) is 6.07 Å². The van der Waals surface area contributed by atoms with E-state index < -0.39 is 0 Å². The maximum atomic E-state index is 11.0. The molecule has 0 aromatic carbocycles. The van der Waals surface area contributed by atoms with Crippen LogP contribution in [-0.2, 0) is 9.53 Å². The molecular formula is C10H16N2O2. The number of esters is 1. The summed E-state index contributed by atoms with van der Waals surface area (Å²) >= 11 is 0. The Balaban J connectivity index is 3.55. The van der Waals surface area contributed by atoms with E-state index in [-0.39, 0.29) is 12.4 Å². The summed E-state index contributed by atoms with van der Waals surface area (Å²) in [5.74, 6) is -0.257. The topological polar surface area (TPSA) is 76.1 Å². The molecule has 0 saturated heterocycles. The first-order valence-corrected chi connectivity index (χ1v) is 4.70. The lowest BCUT2D eigenvalue weighted by atomic mass is 10.2. The minimum absolute atomic E-state index is 0.244. The number of nitriles is 1. The highest BCUT2D eigenvalue weighted by Crippen LogP contribution is 2.00. The van der Waals surface area contributed by atoms with Crippen LogP contribution in [-0.4, -0.2) is 12.6 Å². The van der Waals surface area contributed by atoms with Gasteiger partial charge in [-0.3, -0.25) is 4.79 Å². The van der Waals surface area contributed by atoms with Crippen LogP contribution in [0.2, 0.25) is 0 Å². The van der Waals surface area contributed by atoms with Crippen LogP contribution >= 0.6 is 0 Å². The maximum absolute atomic E-state index is 11.0. The molecule has 0 atom stereocenters. The molecular weight excluding hydrogens is 180 g/mol. The molecule has 0 aromatic heterocycles. The van der Waals surface area contributed by atoms with E-state index in [0.29, 0.717) is 18.7 Å². The minimum atomic E-state index is -0.257. The summed E-state index contributed by atoms with van der Waals surface area (Å²) in [6.07, 6.45) is 3.75. The summed E-state index contributed by atoms with van der Waals surface area (Å²) in [6.45, 7) is 2.50. The van der Waals surface area contributed by atoms with Crippen LogP contribution in [0.3, 0.4) is 0 Å². The van der Waals surface area contributed by atoms with Crippen molar-refractivity contribution in [2.75, 3.05) is 6.61 Å². The lowest BCUT2D eigenvalue weighted by molar-refractivity contribution is -0.143. The van der Waals surface area contributed by atoms with Crippen LogP contribution in [0.1, 0.15) is 32.6 Å². The first-order valence-electron chi connectivity index (χ1n) is 4.70. The van der Waals surface area contributed by atoms with Gasteiger partial charge in [0.1, 0.15) is 0 Å². The third-order valence-electron chi connectivity index (χ3n) is 1.63. The molecule has 78 valence electrons. The molecule has 0 rings (SSSR count). The van der Waals surface area contributed by atoms with E-state index >= 15 is 0 Å². The number of nitrogens with two attached hydrogens (primary N) is 1. The SMILES string of the molecule is CCCCOC(=O)CC/C(N)=C/C#N. The van der Waals surface area contributed by atoms with Gasteiger partial charge < -0.3 is 10.5 Å². The number of allylic oxidation sites excluding steroid dienone is 2. The Kier molecular flexibility index (Phi) is 7.24. The Bertz CT molecular complexity index is 241. The monoisotopic (exact) mass is 196 g/mol. The Morgan fingerprint density at radius 3 is 2.86 bits per heavy atom. The van der Waals surface area contributed by atoms with Gasteiger partial charge in [0.2, 0.25) is 0 Å². The molecule has 0 saturated carbocycles. The number of ether oxygens (including phenoxy) is 1. The standard InChI is InChI=1S/C10H16N2O2/c1-2-3-8-14-10(13)5-4-9(12)6-7-11/h6H,2-5,8,12H2,1H3/b9-6-. The van der Waals surface area contributed by atoms with E-state index in [2.05, 4.69) is 0 Å². The molecule has 0 heterocycles. The number of carbonyl (C=O) groups excluding carboxylic acids is 1. The summed E-state index contributed by atoms with van der Waals surface area (Å²) in [4.78, 5) is 11.0. The number of carbonyl (C=O) groups is 1. The predicted octanol–water partition coefficient (Wildman–Crippen LogP) is 1.48. The largest absolute Gasteiger partial charge is 0.466 e. The van der Waals surface area contributed by atoms with E-state index in [1.807, 2.05) is 6.92 Å². The summed E-state index contributed by atoms with van der Waals surface area (Å²) in [7, 11) is 0. The zero-order chi connectivity index (χ0) is 10.8. The molecule has 4 nitrogen and oxygen atoms in total. The second-order valence-electron chi connectivity index (χ2n) is 2.92. The summed E-state index contributed by atoms with van der Waals surface area (Å²) in [5.41, 5.74) is 5.83. The van der Waals surface area contributed by atoms with Crippen molar-refractivity contribution in [2.45, 2.75) is 32.6 Å². The van der Waals surface area contributed by atoms with Crippen molar-refractivity contribution >= 4 is 5.97 Å². The lowest BCUT2D eigenvalue weighted by Crippen LogP contribution is -2.07. The number of hydrogen-bond donors (Lipinski definition) is 1. The van der Waals surface area contributed by atoms with Gasteiger partial charge in [0, 0.05) is 11.8 Å². The Morgan fingerprint density at radius 2 is 2.29 bits per heavy atom. The molecule has 0 spiro atoms. The van der Waals surface area contributed by atoms with Gasteiger partial charge in [-0.2, -0.15) is 5.26 Å². The van der Waals surface area contributed by atoms with E-state index in [0.717, 1.165) is 12.8 Å². The Labute approximate surface area is 84.3 Å². The summed E-state index contributed by atoms with van der Waals surface area (Å²) in [5, 5.41) is 8.25. The molecule has 0 aliphatic heterocycles. The average molecular weight is 196 g/mol. The Hall–Kier alpha value is -1.50. The van der Waals surface area contributed by atoms with Crippen molar-refractivity contribution in [1.29, 1.82) is 5.26 Å². The fourth-order valence-corrected chi connectivity index (χ4v) is 0.804. The first kappa shape index (κ1) is 12.5. The lowest BCUT2D eigenvalue weighted by Gasteiger charge is -2.03. The van der Waals surface area contributed by atoms with E-state index in [1.165, 1.54) is 6.08 Å². The van der Waals surface area contributed by atoms with Gasteiger partial charge in [0.15, 0.2) is 0 Å². The fraction of sp³-hybridized carbons (Fsp3) is 0.600. The molecule has 0 unspecified atom stereocenters. The molecule has 0 fully saturated rings. The highest BCUT2D eigenvalue weighted by Gasteiger charge is 2.02. The number of hydrogen-bond acceptors (Lipinski definition) is 4. The summed E-state index contributed by atoms with van der Waals surface area (Å²) < 4.78 is 4.91. The minimum Gasteiger partial charge on any atom is -0.466 e. The normalized spacial score (nSPS) is 10.7. The number of nitrogens with zero attached hydrogens (tertiary/aromatic N) is 1. The maximum Gasteiger partial charge on any atom is 0.306 e. The molecule has 2 N–H and O–H groups in total. The van der Waals surface area contributed by atoms with Crippen molar-refractivity contribution in [2.24, 2.45) is 5.73 Å². The molecule has 0 amide bonds. The van der Waals surface area contributed by atoms with Crippen LogP contribution in [0, 0.1) is 11.3 Å². The zero-order valence-corrected chi connectivity index (χ0v) is 8.45. The smallest absolute Gasteiger partial charge is 0.306 e.